The molecule has 0 aliphatic carbocycles. The van der Waals surface area contributed by atoms with Crippen molar-refractivity contribution in [1.29, 1.82) is 0 Å². The normalized spacial score (nSPS) is 11.0. The van der Waals surface area contributed by atoms with Gasteiger partial charge in [0.05, 0.1) is 7.11 Å². The average Bonchev–Trinajstić information content (AvgIpc) is 2.76. The van der Waals surface area contributed by atoms with Gasteiger partial charge in [-0.25, -0.2) is 9.59 Å². The van der Waals surface area contributed by atoms with Crippen molar-refractivity contribution in [3.63, 3.8) is 0 Å². The van der Waals surface area contributed by atoms with Gasteiger partial charge in [-0.3, -0.25) is 0 Å². The molecule has 29 heavy (non-hydrogen) atoms. The molecule has 4 aromatic rings. The zero-order valence-electron chi connectivity index (χ0n) is 15.9. The number of carbonyl (C=O) groups excluding carboxylic acids is 1. The second-order valence-electron chi connectivity index (χ2n) is 6.39. The van der Waals surface area contributed by atoms with Crippen LogP contribution in [0.15, 0.2) is 74.8 Å². The van der Waals surface area contributed by atoms with Gasteiger partial charge in [0.15, 0.2) is 0 Å². The van der Waals surface area contributed by atoms with Crippen molar-refractivity contribution >= 4 is 39.5 Å². The molecule has 0 aliphatic rings. The van der Waals surface area contributed by atoms with Crippen LogP contribution in [0.4, 0.5) is 0 Å². The summed E-state index contributed by atoms with van der Waals surface area (Å²) in [5, 5.41) is 2.71. The zero-order valence-corrected chi connectivity index (χ0v) is 16.7. The van der Waals surface area contributed by atoms with E-state index < -0.39 is 11.6 Å². The average molecular weight is 406 g/mol. The molecule has 0 amide bonds. The van der Waals surface area contributed by atoms with E-state index in [9.17, 15) is 9.59 Å². The van der Waals surface area contributed by atoms with Crippen molar-refractivity contribution in [2.45, 2.75) is 11.5 Å². The van der Waals surface area contributed by atoms with E-state index in [1.54, 1.807) is 30.0 Å². The van der Waals surface area contributed by atoms with Crippen molar-refractivity contribution in [2.75, 3.05) is 13.4 Å². The molecule has 1 aromatic heterocycles. The lowest BCUT2D eigenvalue weighted by molar-refractivity contribution is 0.0470. The molecular weight excluding hydrogens is 388 g/mol. The van der Waals surface area contributed by atoms with Gasteiger partial charge in [0.1, 0.15) is 23.5 Å². The minimum Gasteiger partial charge on any atom is -0.496 e. The number of methoxy groups -OCH3 is 1. The molecule has 4 rings (SSSR count). The van der Waals surface area contributed by atoms with Crippen LogP contribution >= 0.6 is 11.8 Å². The number of carbonyl (C=O) groups is 1. The molecule has 5 nitrogen and oxygen atoms in total. The Morgan fingerprint density at radius 3 is 2.69 bits per heavy atom. The Balaban J connectivity index is 1.71. The van der Waals surface area contributed by atoms with E-state index in [1.807, 2.05) is 42.7 Å². The molecule has 0 fully saturated rings. The number of esters is 1. The summed E-state index contributed by atoms with van der Waals surface area (Å²) < 4.78 is 16.2. The van der Waals surface area contributed by atoms with Gasteiger partial charge in [0.2, 0.25) is 0 Å². The molecule has 0 saturated carbocycles. The van der Waals surface area contributed by atoms with E-state index in [4.69, 9.17) is 13.9 Å². The molecule has 0 aliphatic heterocycles. The number of rotatable bonds is 5. The standard InChI is InChI=1S/C23H18O5S/c1-26-20-12-16(29-2)8-9-18(20)23(25)27-13-15-11-21(24)28-19-10-7-14-5-3-4-6-17(14)22(15)19/h3-12H,13H2,1-2H3. The Bertz CT molecular complexity index is 1280. The van der Waals surface area contributed by atoms with Crippen molar-refractivity contribution in [3.8, 4) is 5.75 Å². The third-order valence-electron chi connectivity index (χ3n) is 4.70. The van der Waals surface area contributed by atoms with E-state index in [1.165, 1.54) is 13.2 Å². The highest BCUT2D eigenvalue weighted by Crippen LogP contribution is 2.29. The van der Waals surface area contributed by atoms with Crippen LogP contribution in [0.5, 0.6) is 5.75 Å². The summed E-state index contributed by atoms with van der Waals surface area (Å²) in [6, 6.07) is 18.1. The molecule has 0 N–H and O–H groups in total. The molecule has 0 unspecified atom stereocenters. The second-order valence-corrected chi connectivity index (χ2v) is 7.27. The van der Waals surface area contributed by atoms with Gasteiger partial charge in [0.25, 0.3) is 0 Å². The summed E-state index contributed by atoms with van der Waals surface area (Å²) in [7, 11) is 1.51. The molecule has 0 radical (unpaired) electrons. The summed E-state index contributed by atoms with van der Waals surface area (Å²) in [5.41, 5.74) is 0.911. The molecule has 3 aromatic carbocycles. The molecular formula is C23H18O5S. The third-order valence-corrected chi connectivity index (χ3v) is 5.43. The summed E-state index contributed by atoms with van der Waals surface area (Å²) in [5.74, 6) is -0.0686. The Kier molecular flexibility index (Phi) is 5.27. The number of fused-ring (bicyclic) bond motifs is 3. The first-order valence-electron chi connectivity index (χ1n) is 8.94. The monoisotopic (exact) mass is 406 g/mol. The fourth-order valence-corrected chi connectivity index (χ4v) is 3.75. The first kappa shape index (κ1) is 19.1. The molecule has 1 heterocycles. The van der Waals surface area contributed by atoms with Crippen molar-refractivity contribution in [1.82, 2.24) is 0 Å². The van der Waals surface area contributed by atoms with Crippen LogP contribution < -0.4 is 10.4 Å². The van der Waals surface area contributed by atoms with Crippen molar-refractivity contribution in [3.05, 3.63) is 82.2 Å². The minimum atomic E-state index is -0.517. The highest BCUT2D eigenvalue weighted by molar-refractivity contribution is 7.98. The van der Waals surface area contributed by atoms with Crippen LogP contribution in [0.2, 0.25) is 0 Å². The summed E-state index contributed by atoms with van der Waals surface area (Å²) in [6.45, 7) is -0.0532. The molecule has 0 saturated heterocycles. The topological polar surface area (TPSA) is 65.7 Å². The van der Waals surface area contributed by atoms with Crippen LogP contribution in [-0.4, -0.2) is 19.3 Å². The number of benzene rings is 3. The number of thioether (sulfide) groups is 1. The maximum Gasteiger partial charge on any atom is 0.342 e. The van der Waals surface area contributed by atoms with Crippen molar-refractivity contribution < 1.29 is 18.7 Å². The summed E-state index contributed by atoms with van der Waals surface area (Å²) in [4.78, 5) is 25.7. The fourth-order valence-electron chi connectivity index (χ4n) is 3.32. The van der Waals surface area contributed by atoms with Gasteiger partial charge in [-0.1, -0.05) is 30.3 Å². The van der Waals surface area contributed by atoms with Crippen molar-refractivity contribution in [2.24, 2.45) is 0 Å². The van der Waals surface area contributed by atoms with E-state index in [-0.39, 0.29) is 6.61 Å². The van der Waals surface area contributed by atoms with E-state index in [0.717, 1.165) is 21.1 Å². The van der Waals surface area contributed by atoms with Gasteiger partial charge in [-0.15, -0.1) is 11.8 Å². The quantitative estimate of drug-likeness (QED) is 0.200. The van der Waals surface area contributed by atoms with Gasteiger partial charge in [-0.2, -0.15) is 0 Å². The van der Waals surface area contributed by atoms with E-state index >= 15 is 0 Å². The van der Waals surface area contributed by atoms with Crippen LogP contribution in [0.3, 0.4) is 0 Å². The first-order chi connectivity index (χ1) is 14.1. The predicted molar refractivity (Wildman–Crippen MR) is 114 cm³/mol. The maximum atomic E-state index is 12.7. The molecule has 6 heteroatoms. The smallest absolute Gasteiger partial charge is 0.342 e. The number of hydrogen-bond donors (Lipinski definition) is 0. The van der Waals surface area contributed by atoms with Crippen LogP contribution in [0, 0.1) is 0 Å². The Morgan fingerprint density at radius 1 is 1.07 bits per heavy atom. The lowest BCUT2D eigenvalue weighted by atomic mass is 10.0. The molecule has 0 bridgehead atoms. The summed E-state index contributed by atoms with van der Waals surface area (Å²) in [6.07, 6.45) is 1.95. The van der Waals surface area contributed by atoms with Crippen LogP contribution in [0.25, 0.3) is 21.7 Å². The Labute approximate surface area is 171 Å². The van der Waals surface area contributed by atoms with Gasteiger partial charge in [0, 0.05) is 21.9 Å². The third kappa shape index (κ3) is 3.71. The van der Waals surface area contributed by atoms with Crippen LogP contribution in [-0.2, 0) is 11.3 Å². The zero-order chi connectivity index (χ0) is 20.4. The maximum absolute atomic E-state index is 12.7. The van der Waals surface area contributed by atoms with Crippen LogP contribution in [0.1, 0.15) is 15.9 Å². The largest absolute Gasteiger partial charge is 0.496 e. The van der Waals surface area contributed by atoms with Gasteiger partial charge >= 0.3 is 11.6 Å². The molecule has 0 spiro atoms. The SMILES string of the molecule is COc1cc(SC)ccc1C(=O)OCc1cc(=O)oc2ccc3ccccc3c12. The second kappa shape index (κ2) is 8.01. The Morgan fingerprint density at radius 2 is 1.90 bits per heavy atom. The van der Waals surface area contributed by atoms with Gasteiger partial charge in [-0.05, 0) is 41.3 Å². The lowest BCUT2D eigenvalue weighted by Crippen LogP contribution is -2.09. The number of ether oxygens (including phenoxy) is 2. The molecule has 0 atom stereocenters. The Hall–Kier alpha value is -3.25. The number of hydrogen-bond acceptors (Lipinski definition) is 6. The fraction of sp³-hybridized carbons (Fsp3) is 0.130. The lowest BCUT2D eigenvalue weighted by Gasteiger charge is -2.12. The predicted octanol–water partition coefficient (Wildman–Crippen LogP) is 5.03. The van der Waals surface area contributed by atoms with E-state index in [2.05, 4.69) is 0 Å². The van der Waals surface area contributed by atoms with E-state index in [0.29, 0.717) is 22.5 Å². The van der Waals surface area contributed by atoms with Gasteiger partial charge < -0.3 is 13.9 Å². The minimum absolute atomic E-state index is 0.0532. The highest BCUT2D eigenvalue weighted by atomic mass is 32.2. The molecule has 146 valence electrons. The highest BCUT2D eigenvalue weighted by Gasteiger charge is 2.16. The summed E-state index contributed by atoms with van der Waals surface area (Å²) >= 11 is 1.56. The first-order valence-corrected chi connectivity index (χ1v) is 10.2.